The molecule has 8 nitrogen and oxygen atoms in total. The molecular formula is C27H40N6O2. The first kappa shape index (κ1) is 24.3. The molecule has 5 rings (SSSR count). The zero-order valence-electron chi connectivity index (χ0n) is 21.6. The fourth-order valence-electron chi connectivity index (χ4n) is 7.38. The zero-order valence-corrected chi connectivity index (χ0v) is 21.6. The number of urea groups is 1. The van der Waals surface area contributed by atoms with E-state index < -0.39 is 0 Å². The van der Waals surface area contributed by atoms with Crippen LogP contribution < -0.4 is 9.64 Å². The third-order valence-corrected chi connectivity index (χ3v) is 9.77. The Morgan fingerprint density at radius 3 is 2.40 bits per heavy atom. The van der Waals surface area contributed by atoms with Gasteiger partial charge in [-0.2, -0.15) is 10.2 Å². The molecule has 0 atom stereocenters. The van der Waals surface area contributed by atoms with Crippen molar-refractivity contribution in [1.29, 1.82) is 5.26 Å². The van der Waals surface area contributed by atoms with Crippen LogP contribution in [-0.2, 0) is 0 Å². The maximum absolute atomic E-state index is 13.9. The van der Waals surface area contributed by atoms with Crippen LogP contribution in [0.25, 0.3) is 0 Å². The first-order chi connectivity index (χ1) is 16.9. The summed E-state index contributed by atoms with van der Waals surface area (Å²) in [6.45, 7) is 1.48. The summed E-state index contributed by atoms with van der Waals surface area (Å²) in [4.78, 5) is 28.9. The fourth-order valence-corrected chi connectivity index (χ4v) is 7.38. The van der Waals surface area contributed by atoms with Crippen molar-refractivity contribution in [3.05, 3.63) is 12.0 Å². The molecule has 0 unspecified atom stereocenters. The van der Waals surface area contributed by atoms with Gasteiger partial charge in [0.2, 0.25) is 11.7 Å². The van der Waals surface area contributed by atoms with Crippen molar-refractivity contribution in [1.82, 2.24) is 19.8 Å². The largest absolute Gasteiger partial charge is 0.479 e. The summed E-state index contributed by atoms with van der Waals surface area (Å²) < 4.78 is 5.50. The lowest BCUT2D eigenvalue weighted by Gasteiger charge is -2.55. The number of ether oxygens (including phenoxy) is 1. The first-order valence-corrected chi connectivity index (χ1v) is 13.5. The van der Waals surface area contributed by atoms with Crippen molar-refractivity contribution in [3.8, 4) is 11.9 Å². The number of nitriles is 1. The smallest absolute Gasteiger partial charge is 0.325 e. The van der Waals surface area contributed by atoms with Gasteiger partial charge in [-0.25, -0.2) is 9.78 Å². The van der Waals surface area contributed by atoms with Crippen LogP contribution in [0.15, 0.2) is 6.20 Å². The van der Waals surface area contributed by atoms with Gasteiger partial charge >= 0.3 is 6.03 Å². The molecule has 3 saturated carbocycles. The highest BCUT2D eigenvalue weighted by Crippen LogP contribution is 2.51. The van der Waals surface area contributed by atoms with Crippen LogP contribution in [0.2, 0.25) is 0 Å². The Morgan fingerprint density at radius 1 is 1.11 bits per heavy atom. The number of amides is 2. The van der Waals surface area contributed by atoms with E-state index in [0.717, 1.165) is 38.1 Å². The Balaban J connectivity index is 1.44. The number of anilines is 1. The molecule has 2 heterocycles. The number of carbonyl (C=O) groups excluding carboxylic acids is 1. The van der Waals surface area contributed by atoms with Crippen LogP contribution in [0.1, 0.15) is 82.9 Å². The number of aromatic nitrogens is 2. The summed E-state index contributed by atoms with van der Waals surface area (Å²) in [7, 11) is 6.07. The predicted molar refractivity (Wildman–Crippen MR) is 134 cm³/mol. The molecule has 1 saturated heterocycles. The van der Waals surface area contributed by atoms with Crippen LogP contribution in [-0.4, -0.2) is 71.2 Å². The molecule has 1 aromatic heterocycles. The molecule has 0 bridgehead atoms. The minimum atomic E-state index is -0.167. The van der Waals surface area contributed by atoms with Crippen molar-refractivity contribution >= 4 is 11.7 Å². The summed E-state index contributed by atoms with van der Waals surface area (Å²) >= 11 is 0. The average molecular weight is 481 g/mol. The lowest BCUT2D eigenvalue weighted by molar-refractivity contribution is -0.0247. The summed E-state index contributed by atoms with van der Waals surface area (Å²) in [5.74, 6) is 1.71. The number of hydrogen-bond donors (Lipinski definition) is 0. The van der Waals surface area contributed by atoms with Gasteiger partial charge in [0.15, 0.2) is 0 Å². The molecule has 0 aromatic carbocycles. The highest BCUT2D eigenvalue weighted by Gasteiger charge is 2.56. The van der Waals surface area contributed by atoms with E-state index in [2.05, 4.69) is 33.9 Å². The van der Waals surface area contributed by atoms with Gasteiger partial charge in [0.25, 0.3) is 0 Å². The quantitative estimate of drug-likeness (QED) is 0.592. The van der Waals surface area contributed by atoms with Crippen molar-refractivity contribution in [2.75, 3.05) is 39.2 Å². The Morgan fingerprint density at radius 2 is 1.83 bits per heavy atom. The van der Waals surface area contributed by atoms with Gasteiger partial charge in [-0.15, -0.1) is 0 Å². The number of carbonyl (C=O) groups is 1. The molecule has 4 aliphatic rings. The number of rotatable bonds is 6. The Kier molecular flexibility index (Phi) is 6.65. The Bertz CT molecular complexity index is 970. The average Bonchev–Trinajstić information content (AvgIpc) is 3.12. The molecule has 4 fully saturated rings. The maximum Gasteiger partial charge on any atom is 0.325 e. The maximum atomic E-state index is 13.9. The SMILES string of the molecule is COc1nc(C#N)ncc1N1CC2(CCC(C3CCCCC3)(N(C)C)CC2)N(CC2CCC2)C1=O. The van der Waals surface area contributed by atoms with Gasteiger partial charge in [-0.05, 0) is 77.3 Å². The second kappa shape index (κ2) is 9.57. The third-order valence-electron chi connectivity index (χ3n) is 9.77. The standard InChI is InChI=1S/C27H40N6O2/c1-31(2)27(21-10-5-4-6-11-21)14-12-26(13-15-27)19-32(25(34)33(26)18-20-8-7-9-20)22-17-29-23(16-28)30-24(22)35-3/h17,20-21H,4-15,18-19H2,1-3H3. The van der Waals surface area contributed by atoms with E-state index >= 15 is 0 Å². The van der Waals surface area contributed by atoms with Gasteiger partial charge in [0, 0.05) is 12.1 Å². The van der Waals surface area contributed by atoms with Crippen LogP contribution in [0.3, 0.4) is 0 Å². The first-order valence-electron chi connectivity index (χ1n) is 13.5. The van der Waals surface area contributed by atoms with Crippen molar-refractivity contribution in [2.24, 2.45) is 11.8 Å². The highest BCUT2D eigenvalue weighted by molar-refractivity contribution is 5.96. The van der Waals surface area contributed by atoms with Crippen LogP contribution in [0.4, 0.5) is 10.5 Å². The number of hydrogen-bond acceptors (Lipinski definition) is 6. The molecule has 1 spiro atoms. The molecule has 190 valence electrons. The Hall–Kier alpha value is -2.40. The van der Waals surface area contributed by atoms with Crippen LogP contribution in [0, 0.1) is 23.2 Å². The van der Waals surface area contributed by atoms with Gasteiger partial charge in [0.1, 0.15) is 11.8 Å². The van der Waals surface area contributed by atoms with Gasteiger partial charge in [-0.1, -0.05) is 25.7 Å². The van der Waals surface area contributed by atoms with E-state index in [9.17, 15) is 10.1 Å². The van der Waals surface area contributed by atoms with E-state index in [1.54, 1.807) is 6.20 Å². The summed E-state index contributed by atoms with van der Waals surface area (Å²) in [5.41, 5.74) is 0.642. The van der Waals surface area contributed by atoms with Crippen molar-refractivity contribution < 1.29 is 9.53 Å². The van der Waals surface area contributed by atoms with Crippen molar-refractivity contribution in [2.45, 2.75) is 88.1 Å². The van der Waals surface area contributed by atoms with Crippen molar-refractivity contribution in [3.63, 3.8) is 0 Å². The summed E-state index contributed by atoms with van der Waals surface area (Å²) in [5, 5.41) is 9.22. The van der Waals surface area contributed by atoms with Crippen LogP contribution >= 0.6 is 0 Å². The van der Waals surface area contributed by atoms with E-state index in [1.807, 2.05) is 11.0 Å². The van der Waals surface area contributed by atoms with Gasteiger partial charge in [-0.3, -0.25) is 4.90 Å². The number of nitrogens with zero attached hydrogens (tertiary/aromatic N) is 6. The molecule has 1 aliphatic heterocycles. The monoisotopic (exact) mass is 480 g/mol. The van der Waals surface area contributed by atoms with E-state index in [0.29, 0.717) is 24.0 Å². The van der Waals surface area contributed by atoms with E-state index in [4.69, 9.17) is 4.74 Å². The lowest BCUT2D eigenvalue weighted by Crippen LogP contribution is -2.60. The fraction of sp³-hybridized carbons (Fsp3) is 0.778. The van der Waals surface area contributed by atoms with E-state index in [-0.39, 0.29) is 22.9 Å². The minimum absolute atomic E-state index is 0.0403. The molecule has 0 N–H and O–H groups in total. The zero-order chi connectivity index (χ0) is 24.6. The minimum Gasteiger partial charge on any atom is -0.479 e. The molecule has 35 heavy (non-hydrogen) atoms. The molecule has 2 amide bonds. The van der Waals surface area contributed by atoms with E-state index in [1.165, 1.54) is 58.5 Å². The second-order valence-corrected chi connectivity index (χ2v) is 11.5. The van der Waals surface area contributed by atoms with Crippen LogP contribution in [0.5, 0.6) is 5.88 Å². The lowest BCUT2D eigenvalue weighted by atomic mass is 9.62. The second-order valence-electron chi connectivity index (χ2n) is 11.5. The molecule has 1 aromatic rings. The van der Waals surface area contributed by atoms with Gasteiger partial charge < -0.3 is 14.5 Å². The molecule has 8 heteroatoms. The molecule has 3 aliphatic carbocycles. The summed E-state index contributed by atoms with van der Waals surface area (Å²) in [6.07, 6.45) is 16.3. The third kappa shape index (κ3) is 4.16. The predicted octanol–water partition coefficient (Wildman–Crippen LogP) is 4.59. The number of methoxy groups -OCH3 is 1. The molecular weight excluding hydrogens is 440 g/mol. The normalized spacial score (nSPS) is 30.1. The summed E-state index contributed by atoms with van der Waals surface area (Å²) in [6, 6.07) is 2.01. The Labute approximate surface area is 209 Å². The highest BCUT2D eigenvalue weighted by atomic mass is 16.5. The topological polar surface area (TPSA) is 85.6 Å². The molecule has 0 radical (unpaired) electrons. The van der Waals surface area contributed by atoms with Gasteiger partial charge in [0.05, 0.1) is 25.4 Å².